The third-order valence-corrected chi connectivity index (χ3v) is 3.66. The maximum absolute atomic E-state index is 12.6. The molecule has 1 aromatic heterocycles. The Hall–Kier alpha value is -1.98. The normalized spacial score (nSPS) is 13.5. The molecule has 0 atom stereocenters. The smallest absolute Gasteiger partial charge is 0.259 e. The summed E-state index contributed by atoms with van der Waals surface area (Å²) < 4.78 is 5.46. The van der Waals surface area contributed by atoms with Gasteiger partial charge in [-0.05, 0) is 24.3 Å². The zero-order chi connectivity index (χ0) is 15.0. The van der Waals surface area contributed by atoms with Crippen LogP contribution in [0.2, 0.25) is 10.0 Å². The van der Waals surface area contributed by atoms with Crippen LogP contribution in [0, 0.1) is 0 Å². The van der Waals surface area contributed by atoms with Crippen LogP contribution in [0.15, 0.2) is 30.5 Å². The summed E-state index contributed by atoms with van der Waals surface area (Å²) in [4.78, 5) is 18.3. The number of phenols is 1. The number of amides is 1. The predicted molar refractivity (Wildman–Crippen MR) is 79.5 cm³/mol. The van der Waals surface area contributed by atoms with Gasteiger partial charge in [0.05, 0.1) is 16.6 Å². The number of ether oxygens (including phenoxy) is 1. The molecule has 108 valence electrons. The van der Waals surface area contributed by atoms with Crippen molar-refractivity contribution in [2.24, 2.45) is 0 Å². The molecule has 2 heterocycles. The van der Waals surface area contributed by atoms with E-state index in [-0.39, 0.29) is 27.3 Å². The van der Waals surface area contributed by atoms with Crippen LogP contribution in [0.5, 0.6) is 11.5 Å². The molecule has 1 N–H and O–H groups in total. The third-order valence-electron chi connectivity index (χ3n) is 3.09. The SMILES string of the molecule is O=C(c1cc(Cl)c(O)c(Cl)c1)N1CCOc2cccnc21. The second-order valence-corrected chi connectivity index (χ2v) is 5.23. The summed E-state index contributed by atoms with van der Waals surface area (Å²) in [5.41, 5.74) is 0.279. The summed E-state index contributed by atoms with van der Waals surface area (Å²) in [7, 11) is 0. The summed E-state index contributed by atoms with van der Waals surface area (Å²) in [5, 5.41) is 9.62. The van der Waals surface area contributed by atoms with Crippen LogP contribution in [0.1, 0.15) is 10.4 Å². The number of aromatic nitrogens is 1. The Balaban J connectivity index is 2.00. The van der Waals surface area contributed by atoms with Crippen LogP contribution >= 0.6 is 23.2 Å². The molecule has 5 nitrogen and oxygen atoms in total. The first-order chi connectivity index (χ1) is 10.1. The molecule has 3 rings (SSSR count). The van der Waals surface area contributed by atoms with Gasteiger partial charge in [0.2, 0.25) is 0 Å². The maximum Gasteiger partial charge on any atom is 0.259 e. The molecular weight excluding hydrogens is 315 g/mol. The van der Waals surface area contributed by atoms with Crippen molar-refractivity contribution in [3.05, 3.63) is 46.1 Å². The van der Waals surface area contributed by atoms with E-state index in [0.29, 0.717) is 24.7 Å². The molecule has 7 heteroatoms. The van der Waals surface area contributed by atoms with Gasteiger partial charge in [0.1, 0.15) is 6.61 Å². The maximum atomic E-state index is 12.6. The van der Waals surface area contributed by atoms with E-state index in [1.54, 1.807) is 18.3 Å². The van der Waals surface area contributed by atoms with Crippen molar-refractivity contribution in [1.82, 2.24) is 4.98 Å². The largest absolute Gasteiger partial charge is 0.505 e. The van der Waals surface area contributed by atoms with Crippen LogP contribution in [0.4, 0.5) is 5.82 Å². The molecule has 1 aliphatic rings. The van der Waals surface area contributed by atoms with Gasteiger partial charge in [-0.15, -0.1) is 0 Å². The number of rotatable bonds is 1. The van der Waals surface area contributed by atoms with E-state index in [0.717, 1.165) is 0 Å². The van der Waals surface area contributed by atoms with Gasteiger partial charge in [0.25, 0.3) is 5.91 Å². The molecule has 1 amide bonds. The zero-order valence-electron chi connectivity index (χ0n) is 10.7. The monoisotopic (exact) mass is 324 g/mol. The van der Waals surface area contributed by atoms with Crippen molar-refractivity contribution < 1.29 is 14.6 Å². The molecule has 0 fully saturated rings. The van der Waals surface area contributed by atoms with Crippen LogP contribution in [0.25, 0.3) is 0 Å². The second kappa shape index (κ2) is 5.42. The lowest BCUT2D eigenvalue weighted by atomic mass is 10.1. The van der Waals surface area contributed by atoms with Crippen molar-refractivity contribution in [1.29, 1.82) is 0 Å². The highest BCUT2D eigenvalue weighted by Gasteiger charge is 2.26. The fraction of sp³-hybridized carbons (Fsp3) is 0.143. The van der Waals surface area contributed by atoms with E-state index in [1.807, 2.05) is 0 Å². The summed E-state index contributed by atoms with van der Waals surface area (Å²) in [6.07, 6.45) is 1.59. The highest BCUT2D eigenvalue weighted by atomic mass is 35.5. The van der Waals surface area contributed by atoms with E-state index in [9.17, 15) is 9.90 Å². The van der Waals surface area contributed by atoms with Gasteiger partial charge >= 0.3 is 0 Å². The molecule has 0 spiro atoms. The number of benzene rings is 1. The minimum atomic E-state index is -0.304. The average Bonchev–Trinajstić information content (AvgIpc) is 2.51. The van der Waals surface area contributed by atoms with E-state index in [2.05, 4.69) is 4.98 Å². The van der Waals surface area contributed by atoms with Crippen molar-refractivity contribution >= 4 is 34.9 Å². The topological polar surface area (TPSA) is 62.7 Å². The van der Waals surface area contributed by atoms with Gasteiger partial charge in [-0.2, -0.15) is 0 Å². The zero-order valence-corrected chi connectivity index (χ0v) is 12.2. The predicted octanol–water partition coefficient (Wildman–Crippen LogP) is 3.13. The number of aromatic hydroxyl groups is 1. The molecule has 21 heavy (non-hydrogen) atoms. The highest BCUT2D eigenvalue weighted by Crippen LogP contribution is 2.35. The number of nitrogens with zero attached hydrogens (tertiary/aromatic N) is 2. The lowest BCUT2D eigenvalue weighted by molar-refractivity contribution is 0.0975. The van der Waals surface area contributed by atoms with Gasteiger partial charge in [0, 0.05) is 11.8 Å². The molecule has 0 radical (unpaired) electrons. The summed E-state index contributed by atoms with van der Waals surface area (Å²) >= 11 is 11.7. The first kappa shape index (κ1) is 14.0. The number of hydrogen-bond donors (Lipinski definition) is 1. The van der Waals surface area contributed by atoms with Crippen LogP contribution < -0.4 is 9.64 Å². The Morgan fingerprint density at radius 2 is 2.05 bits per heavy atom. The van der Waals surface area contributed by atoms with Gasteiger partial charge in [-0.3, -0.25) is 9.69 Å². The Bertz CT molecular complexity index is 698. The van der Waals surface area contributed by atoms with E-state index in [4.69, 9.17) is 27.9 Å². The number of carbonyl (C=O) groups excluding carboxylic acids is 1. The van der Waals surface area contributed by atoms with Gasteiger partial charge in [0.15, 0.2) is 17.3 Å². The first-order valence-corrected chi connectivity index (χ1v) is 6.91. The molecule has 0 aliphatic carbocycles. The Morgan fingerprint density at radius 3 is 2.76 bits per heavy atom. The van der Waals surface area contributed by atoms with Crippen LogP contribution in [-0.4, -0.2) is 29.1 Å². The molecule has 0 bridgehead atoms. The van der Waals surface area contributed by atoms with Gasteiger partial charge < -0.3 is 9.84 Å². The molecule has 0 unspecified atom stereocenters. The summed E-state index contributed by atoms with van der Waals surface area (Å²) in [6, 6.07) is 6.24. The average molecular weight is 325 g/mol. The molecule has 1 aromatic carbocycles. The third kappa shape index (κ3) is 2.50. The molecule has 2 aromatic rings. The number of carbonyl (C=O) groups is 1. The molecular formula is C14H10Cl2N2O3. The fourth-order valence-corrected chi connectivity index (χ4v) is 2.58. The van der Waals surface area contributed by atoms with Crippen molar-refractivity contribution in [3.8, 4) is 11.5 Å². The summed E-state index contributed by atoms with van der Waals surface area (Å²) in [5.74, 6) is 0.458. The number of pyridine rings is 1. The molecule has 0 saturated carbocycles. The van der Waals surface area contributed by atoms with E-state index in [1.165, 1.54) is 17.0 Å². The van der Waals surface area contributed by atoms with Gasteiger partial charge in [-0.1, -0.05) is 23.2 Å². The second-order valence-electron chi connectivity index (χ2n) is 4.42. The lowest BCUT2D eigenvalue weighted by Gasteiger charge is -2.28. The number of hydrogen-bond acceptors (Lipinski definition) is 4. The Morgan fingerprint density at radius 1 is 1.33 bits per heavy atom. The molecule has 0 saturated heterocycles. The highest BCUT2D eigenvalue weighted by molar-refractivity contribution is 6.37. The minimum absolute atomic E-state index is 0.0281. The minimum Gasteiger partial charge on any atom is -0.505 e. The quantitative estimate of drug-likeness (QED) is 0.875. The van der Waals surface area contributed by atoms with Crippen molar-refractivity contribution in [2.75, 3.05) is 18.1 Å². The summed E-state index contributed by atoms with van der Waals surface area (Å²) in [6.45, 7) is 0.753. The van der Waals surface area contributed by atoms with Gasteiger partial charge in [-0.25, -0.2) is 4.98 Å². The number of anilines is 1. The van der Waals surface area contributed by atoms with E-state index < -0.39 is 0 Å². The van der Waals surface area contributed by atoms with Crippen molar-refractivity contribution in [3.63, 3.8) is 0 Å². The first-order valence-electron chi connectivity index (χ1n) is 6.15. The standard InChI is InChI=1S/C14H10Cl2N2O3/c15-9-6-8(7-10(16)12(9)19)14(20)18-4-5-21-11-2-1-3-17-13(11)18/h1-3,6-7,19H,4-5H2. The van der Waals surface area contributed by atoms with Crippen LogP contribution in [-0.2, 0) is 0 Å². The van der Waals surface area contributed by atoms with Crippen molar-refractivity contribution in [2.45, 2.75) is 0 Å². The number of phenolic OH excluding ortho intramolecular Hbond substituents is 1. The number of fused-ring (bicyclic) bond motifs is 1. The fourth-order valence-electron chi connectivity index (χ4n) is 2.09. The Kier molecular flexibility index (Phi) is 3.61. The lowest BCUT2D eigenvalue weighted by Crippen LogP contribution is -2.38. The number of halogens is 2. The van der Waals surface area contributed by atoms with Crippen LogP contribution in [0.3, 0.4) is 0 Å². The molecule has 1 aliphatic heterocycles. The Labute approximate surface area is 130 Å². The van der Waals surface area contributed by atoms with E-state index >= 15 is 0 Å².